The predicted octanol–water partition coefficient (Wildman–Crippen LogP) is 3.10. The molecule has 1 aliphatic heterocycles. The SMILES string of the molecule is Cc1cc(S(=O)(=O)Nc2ccc(N(C)C)cc2)c(C)cc1N1CCCCS1(=O)=O. The summed E-state index contributed by atoms with van der Waals surface area (Å²) in [6, 6.07) is 10.3. The number of nitrogens with zero attached hydrogens (tertiary/aromatic N) is 2. The summed E-state index contributed by atoms with van der Waals surface area (Å²) in [6.45, 7) is 3.85. The van der Waals surface area contributed by atoms with Gasteiger partial charge in [0.25, 0.3) is 10.0 Å². The summed E-state index contributed by atoms with van der Waals surface area (Å²) in [4.78, 5) is 2.07. The first-order valence-corrected chi connectivity index (χ1v) is 12.5. The van der Waals surface area contributed by atoms with Gasteiger partial charge in [-0.15, -0.1) is 0 Å². The van der Waals surface area contributed by atoms with Crippen LogP contribution in [-0.4, -0.2) is 43.2 Å². The Bertz CT molecular complexity index is 1110. The third-order valence-corrected chi connectivity index (χ3v) is 8.42. The lowest BCUT2D eigenvalue weighted by Gasteiger charge is -2.30. The molecule has 1 aliphatic rings. The standard InChI is InChI=1S/C20H27N3O4S2/c1-15-14-20(16(2)13-19(15)23-11-5-6-12-28(23,24)25)29(26,27)21-17-7-9-18(10-8-17)22(3)4/h7-10,13-14,21H,5-6,11-12H2,1-4H3. The third-order valence-electron chi connectivity index (χ3n) is 5.04. The minimum absolute atomic E-state index is 0.121. The van der Waals surface area contributed by atoms with Gasteiger partial charge in [0.05, 0.1) is 16.3 Å². The summed E-state index contributed by atoms with van der Waals surface area (Å²) in [5.41, 5.74) is 3.10. The van der Waals surface area contributed by atoms with Crippen LogP contribution in [0.25, 0.3) is 0 Å². The Morgan fingerprint density at radius 1 is 1.00 bits per heavy atom. The number of hydrogen-bond acceptors (Lipinski definition) is 5. The summed E-state index contributed by atoms with van der Waals surface area (Å²) >= 11 is 0. The number of nitrogens with one attached hydrogen (secondary N) is 1. The van der Waals surface area contributed by atoms with E-state index in [4.69, 9.17) is 0 Å². The second-order valence-corrected chi connectivity index (χ2v) is 11.2. The van der Waals surface area contributed by atoms with Gasteiger partial charge in [0.1, 0.15) is 0 Å². The van der Waals surface area contributed by atoms with Gasteiger partial charge in [0, 0.05) is 32.0 Å². The molecular weight excluding hydrogens is 410 g/mol. The molecule has 0 spiro atoms. The highest BCUT2D eigenvalue weighted by atomic mass is 32.2. The largest absolute Gasteiger partial charge is 0.378 e. The molecule has 1 fully saturated rings. The van der Waals surface area contributed by atoms with Crippen LogP contribution >= 0.6 is 0 Å². The Kier molecular flexibility index (Phi) is 5.82. The van der Waals surface area contributed by atoms with Crippen molar-refractivity contribution in [1.82, 2.24) is 0 Å². The topological polar surface area (TPSA) is 86.8 Å². The Morgan fingerprint density at radius 2 is 1.66 bits per heavy atom. The van der Waals surface area contributed by atoms with E-state index >= 15 is 0 Å². The van der Waals surface area contributed by atoms with Gasteiger partial charge in [-0.05, 0) is 74.2 Å². The van der Waals surface area contributed by atoms with Crippen LogP contribution < -0.4 is 13.9 Å². The van der Waals surface area contributed by atoms with Gasteiger partial charge in [-0.25, -0.2) is 16.8 Å². The second-order valence-electron chi connectivity index (χ2n) is 7.55. The molecule has 0 radical (unpaired) electrons. The fraction of sp³-hybridized carbons (Fsp3) is 0.400. The zero-order valence-corrected chi connectivity index (χ0v) is 18.8. The molecule has 0 atom stereocenters. The maximum atomic E-state index is 13.0. The molecule has 29 heavy (non-hydrogen) atoms. The van der Waals surface area contributed by atoms with E-state index in [1.54, 1.807) is 38.1 Å². The summed E-state index contributed by atoms with van der Waals surface area (Å²) in [6.07, 6.45) is 1.45. The molecule has 0 unspecified atom stereocenters. The van der Waals surface area contributed by atoms with E-state index in [2.05, 4.69) is 4.72 Å². The number of hydrogen-bond donors (Lipinski definition) is 1. The highest BCUT2D eigenvalue weighted by Crippen LogP contribution is 2.32. The van der Waals surface area contributed by atoms with E-state index in [0.717, 1.165) is 12.1 Å². The van der Waals surface area contributed by atoms with E-state index in [0.29, 0.717) is 35.5 Å². The van der Waals surface area contributed by atoms with Gasteiger partial charge in [-0.1, -0.05) is 0 Å². The molecule has 0 bridgehead atoms. The monoisotopic (exact) mass is 437 g/mol. The van der Waals surface area contributed by atoms with Gasteiger partial charge in [-0.3, -0.25) is 9.03 Å². The molecule has 1 heterocycles. The van der Waals surface area contributed by atoms with E-state index < -0.39 is 20.0 Å². The lowest BCUT2D eigenvalue weighted by molar-refractivity contribution is 0.574. The molecule has 2 aromatic rings. The van der Waals surface area contributed by atoms with Crippen molar-refractivity contribution < 1.29 is 16.8 Å². The molecule has 1 saturated heterocycles. The lowest BCUT2D eigenvalue weighted by Crippen LogP contribution is -2.38. The van der Waals surface area contributed by atoms with Crippen molar-refractivity contribution in [2.75, 3.05) is 40.3 Å². The number of sulfonamides is 2. The molecule has 2 aromatic carbocycles. The molecule has 0 saturated carbocycles. The van der Waals surface area contributed by atoms with Crippen molar-refractivity contribution in [3.05, 3.63) is 47.5 Å². The van der Waals surface area contributed by atoms with E-state index in [1.165, 1.54) is 4.31 Å². The minimum Gasteiger partial charge on any atom is -0.378 e. The molecule has 158 valence electrons. The van der Waals surface area contributed by atoms with Crippen LogP contribution in [0.3, 0.4) is 0 Å². The van der Waals surface area contributed by atoms with E-state index in [-0.39, 0.29) is 10.6 Å². The first kappa shape index (κ1) is 21.4. The van der Waals surface area contributed by atoms with Gasteiger partial charge in [0.15, 0.2) is 0 Å². The van der Waals surface area contributed by atoms with E-state index in [1.807, 2.05) is 31.1 Å². The molecule has 7 nitrogen and oxygen atoms in total. The maximum Gasteiger partial charge on any atom is 0.262 e. The Morgan fingerprint density at radius 3 is 2.24 bits per heavy atom. The number of aryl methyl sites for hydroxylation is 2. The second kappa shape index (κ2) is 7.87. The van der Waals surface area contributed by atoms with Crippen LogP contribution in [0.1, 0.15) is 24.0 Å². The van der Waals surface area contributed by atoms with Crippen molar-refractivity contribution >= 4 is 37.1 Å². The first-order chi connectivity index (χ1) is 13.5. The van der Waals surface area contributed by atoms with Gasteiger partial charge in [0.2, 0.25) is 10.0 Å². The van der Waals surface area contributed by atoms with E-state index in [9.17, 15) is 16.8 Å². The first-order valence-electron chi connectivity index (χ1n) is 9.43. The van der Waals surface area contributed by atoms with Gasteiger partial charge in [-0.2, -0.15) is 0 Å². The van der Waals surface area contributed by atoms with Crippen LogP contribution in [0.2, 0.25) is 0 Å². The molecule has 0 aliphatic carbocycles. The molecule has 1 N–H and O–H groups in total. The average Bonchev–Trinajstić information content (AvgIpc) is 2.63. The predicted molar refractivity (Wildman–Crippen MR) is 118 cm³/mol. The Balaban J connectivity index is 1.93. The van der Waals surface area contributed by atoms with Crippen LogP contribution in [-0.2, 0) is 20.0 Å². The normalized spacial score (nSPS) is 16.5. The molecule has 0 aromatic heterocycles. The van der Waals surface area contributed by atoms with Gasteiger partial charge < -0.3 is 4.90 Å². The molecule has 3 rings (SSSR count). The molecular formula is C20H27N3O4S2. The third kappa shape index (κ3) is 4.51. The van der Waals surface area contributed by atoms with Crippen LogP contribution in [0.15, 0.2) is 41.3 Å². The number of rotatable bonds is 5. The summed E-state index contributed by atoms with van der Waals surface area (Å²) < 4.78 is 54.8. The number of benzene rings is 2. The van der Waals surface area contributed by atoms with Gasteiger partial charge >= 0.3 is 0 Å². The summed E-state index contributed by atoms with van der Waals surface area (Å²) in [5.74, 6) is 0.121. The Hall–Kier alpha value is -2.26. The zero-order chi connectivity index (χ0) is 21.4. The molecule has 9 heteroatoms. The molecule has 0 amide bonds. The fourth-order valence-electron chi connectivity index (χ4n) is 3.43. The quantitative estimate of drug-likeness (QED) is 0.777. The van der Waals surface area contributed by atoms with Crippen LogP contribution in [0, 0.1) is 13.8 Å². The van der Waals surface area contributed by atoms with Crippen LogP contribution in [0.5, 0.6) is 0 Å². The van der Waals surface area contributed by atoms with Crippen molar-refractivity contribution in [2.45, 2.75) is 31.6 Å². The average molecular weight is 438 g/mol. The van der Waals surface area contributed by atoms with Crippen molar-refractivity contribution in [2.24, 2.45) is 0 Å². The van der Waals surface area contributed by atoms with Crippen molar-refractivity contribution in [3.8, 4) is 0 Å². The van der Waals surface area contributed by atoms with Crippen molar-refractivity contribution in [3.63, 3.8) is 0 Å². The summed E-state index contributed by atoms with van der Waals surface area (Å²) in [7, 11) is -3.34. The zero-order valence-electron chi connectivity index (χ0n) is 17.1. The Labute approximate surface area is 173 Å². The van der Waals surface area contributed by atoms with Crippen LogP contribution in [0.4, 0.5) is 17.1 Å². The minimum atomic E-state index is -3.81. The smallest absolute Gasteiger partial charge is 0.262 e. The summed E-state index contributed by atoms with van der Waals surface area (Å²) in [5, 5.41) is 0. The maximum absolute atomic E-state index is 13.0. The fourth-order valence-corrected chi connectivity index (χ4v) is 6.49. The highest BCUT2D eigenvalue weighted by molar-refractivity contribution is 7.93. The van der Waals surface area contributed by atoms with Crippen molar-refractivity contribution in [1.29, 1.82) is 0 Å². The lowest BCUT2D eigenvalue weighted by atomic mass is 10.1. The number of anilines is 3. The highest BCUT2D eigenvalue weighted by Gasteiger charge is 2.28.